The van der Waals surface area contributed by atoms with Crippen LogP contribution >= 0.6 is 11.6 Å². The van der Waals surface area contributed by atoms with Crippen LogP contribution in [0.25, 0.3) is 0 Å². The summed E-state index contributed by atoms with van der Waals surface area (Å²) in [5.74, 6) is 0.275. The lowest BCUT2D eigenvalue weighted by molar-refractivity contribution is -0.385. The zero-order valence-corrected chi connectivity index (χ0v) is 10.4. The quantitative estimate of drug-likeness (QED) is 0.455. The molecule has 0 aliphatic rings. The molecule has 0 bridgehead atoms. The molecule has 3 nitrogen and oxygen atoms in total. The molecule has 0 amide bonds. The van der Waals surface area contributed by atoms with Crippen LogP contribution in [0.3, 0.4) is 0 Å². The van der Waals surface area contributed by atoms with Crippen LogP contribution in [0.4, 0.5) is 5.69 Å². The van der Waals surface area contributed by atoms with Crippen molar-refractivity contribution < 1.29 is 4.92 Å². The summed E-state index contributed by atoms with van der Waals surface area (Å²) in [5.41, 5.74) is 0.888. The lowest BCUT2D eigenvalue weighted by Gasteiger charge is -2.23. The fraction of sp³-hybridized carbons (Fsp3) is 0.500. The topological polar surface area (TPSA) is 43.1 Å². The van der Waals surface area contributed by atoms with Crippen LogP contribution in [-0.4, -0.2) is 10.3 Å². The number of hydrogen-bond donors (Lipinski definition) is 0. The monoisotopic (exact) mass is 241 g/mol. The first kappa shape index (κ1) is 13.0. The van der Waals surface area contributed by atoms with E-state index >= 15 is 0 Å². The highest BCUT2D eigenvalue weighted by Crippen LogP contribution is 2.36. The summed E-state index contributed by atoms with van der Waals surface area (Å²) in [6, 6.07) is 6.82. The number of halogens is 1. The molecule has 1 rings (SSSR count). The minimum absolute atomic E-state index is 0.00302. The number of benzene rings is 1. The minimum Gasteiger partial charge on any atom is -0.258 e. The van der Waals surface area contributed by atoms with E-state index in [1.165, 1.54) is 6.07 Å². The lowest BCUT2D eigenvalue weighted by Crippen LogP contribution is -2.17. The second kappa shape index (κ2) is 5.30. The van der Waals surface area contributed by atoms with Gasteiger partial charge in [-0.05, 0) is 12.8 Å². The van der Waals surface area contributed by atoms with Gasteiger partial charge < -0.3 is 0 Å². The van der Waals surface area contributed by atoms with Crippen molar-refractivity contribution in [2.75, 3.05) is 0 Å². The fourth-order valence-corrected chi connectivity index (χ4v) is 2.50. The summed E-state index contributed by atoms with van der Waals surface area (Å²) in [5, 5.41) is 10.8. The predicted octanol–water partition coefficient (Wildman–Crippen LogP) is 3.96. The van der Waals surface area contributed by atoms with Crippen molar-refractivity contribution >= 4 is 17.3 Å². The maximum Gasteiger partial charge on any atom is 0.272 e. The smallest absolute Gasteiger partial charge is 0.258 e. The van der Waals surface area contributed by atoms with Crippen LogP contribution < -0.4 is 0 Å². The standard InChI is InChI=1S/C12H16ClNO2/c1-8(2)12(9(3)13)10-6-4-5-7-11(10)14(15)16/h4-9,12H,1-3H3. The van der Waals surface area contributed by atoms with Crippen LogP contribution in [0.1, 0.15) is 32.3 Å². The highest BCUT2D eigenvalue weighted by molar-refractivity contribution is 6.21. The maximum absolute atomic E-state index is 10.9. The molecular weight excluding hydrogens is 226 g/mol. The van der Waals surface area contributed by atoms with E-state index in [0.29, 0.717) is 0 Å². The average Bonchev–Trinajstić information content (AvgIpc) is 2.17. The Bertz CT molecular complexity index is 369. The van der Waals surface area contributed by atoms with Crippen LogP contribution in [0.5, 0.6) is 0 Å². The minimum atomic E-state index is -0.343. The maximum atomic E-state index is 10.9. The van der Waals surface area contributed by atoms with Gasteiger partial charge in [-0.2, -0.15) is 0 Å². The van der Waals surface area contributed by atoms with Crippen molar-refractivity contribution in [3.05, 3.63) is 39.9 Å². The van der Waals surface area contributed by atoms with Gasteiger partial charge in [-0.1, -0.05) is 32.0 Å². The molecule has 0 aromatic heterocycles. The third-order valence-electron chi connectivity index (χ3n) is 2.71. The molecule has 0 aliphatic heterocycles. The van der Waals surface area contributed by atoms with Crippen molar-refractivity contribution in [2.45, 2.75) is 32.1 Å². The van der Waals surface area contributed by atoms with E-state index in [4.69, 9.17) is 11.6 Å². The molecule has 2 unspecified atom stereocenters. The SMILES string of the molecule is CC(C)C(c1ccccc1[N+](=O)[O-])C(C)Cl. The second-order valence-corrected chi connectivity index (χ2v) is 4.95. The largest absolute Gasteiger partial charge is 0.272 e. The Hall–Kier alpha value is -1.09. The number of rotatable bonds is 4. The number of hydrogen-bond acceptors (Lipinski definition) is 2. The van der Waals surface area contributed by atoms with Crippen molar-refractivity contribution in [1.82, 2.24) is 0 Å². The summed E-state index contributed by atoms with van der Waals surface area (Å²) in [6.45, 7) is 5.93. The summed E-state index contributed by atoms with van der Waals surface area (Å²) in [4.78, 5) is 10.6. The van der Waals surface area contributed by atoms with Crippen molar-refractivity contribution in [1.29, 1.82) is 0 Å². The van der Waals surface area contributed by atoms with Gasteiger partial charge in [-0.25, -0.2) is 0 Å². The van der Waals surface area contributed by atoms with Gasteiger partial charge in [0.05, 0.1) is 4.92 Å². The van der Waals surface area contributed by atoms with Gasteiger partial charge in [-0.3, -0.25) is 10.1 Å². The van der Waals surface area contributed by atoms with E-state index in [0.717, 1.165) is 5.56 Å². The van der Waals surface area contributed by atoms with Gasteiger partial charge in [0.15, 0.2) is 0 Å². The zero-order valence-electron chi connectivity index (χ0n) is 9.68. The number of para-hydroxylation sites is 1. The van der Waals surface area contributed by atoms with Gasteiger partial charge in [0.1, 0.15) is 0 Å². The van der Waals surface area contributed by atoms with Gasteiger partial charge in [0, 0.05) is 22.9 Å². The Labute approximate surface area is 101 Å². The first-order valence-corrected chi connectivity index (χ1v) is 5.76. The Morgan fingerprint density at radius 3 is 2.25 bits per heavy atom. The third-order valence-corrected chi connectivity index (χ3v) is 2.98. The normalized spacial score (nSPS) is 14.8. The molecule has 2 atom stereocenters. The number of alkyl halides is 1. The van der Waals surface area contributed by atoms with Crippen LogP contribution in [-0.2, 0) is 0 Å². The summed E-state index contributed by atoms with van der Waals surface area (Å²) < 4.78 is 0. The summed E-state index contributed by atoms with van der Waals surface area (Å²) in [6.07, 6.45) is 0. The van der Waals surface area contributed by atoms with Crippen molar-refractivity contribution in [2.24, 2.45) is 5.92 Å². The van der Waals surface area contributed by atoms with Crippen molar-refractivity contribution in [3.63, 3.8) is 0 Å². The number of nitro groups is 1. The van der Waals surface area contributed by atoms with E-state index in [9.17, 15) is 10.1 Å². The molecule has 0 saturated heterocycles. The first-order chi connectivity index (χ1) is 7.45. The fourth-order valence-electron chi connectivity index (χ4n) is 2.07. The van der Waals surface area contributed by atoms with Crippen LogP contribution in [0, 0.1) is 16.0 Å². The van der Waals surface area contributed by atoms with Gasteiger partial charge >= 0.3 is 0 Å². The first-order valence-electron chi connectivity index (χ1n) is 5.32. The number of nitrogens with zero attached hydrogens (tertiary/aromatic N) is 1. The molecular formula is C12H16ClNO2. The molecule has 0 N–H and O–H groups in total. The molecule has 0 aliphatic carbocycles. The Morgan fingerprint density at radius 1 is 1.25 bits per heavy atom. The molecule has 0 saturated carbocycles. The molecule has 88 valence electrons. The van der Waals surface area contributed by atoms with E-state index in [1.54, 1.807) is 12.1 Å². The second-order valence-electron chi connectivity index (χ2n) is 4.26. The van der Waals surface area contributed by atoms with Crippen molar-refractivity contribution in [3.8, 4) is 0 Å². The van der Waals surface area contributed by atoms with E-state index in [2.05, 4.69) is 0 Å². The summed E-state index contributed by atoms with van der Waals surface area (Å²) >= 11 is 6.13. The average molecular weight is 242 g/mol. The van der Waals surface area contributed by atoms with Gasteiger partial charge in [0.2, 0.25) is 0 Å². The molecule has 0 radical (unpaired) electrons. The molecule has 0 heterocycles. The van der Waals surface area contributed by atoms with E-state index in [-0.39, 0.29) is 27.8 Å². The Kier molecular flexibility index (Phi) is 4.30. The highest BCUT2D eigenvalue weighted by atomic mass is 35.5. The summed E-state index contributed by atoms with van der Waals surface area (Å²) in [7, 11) is 0. The third kappa shape index (κ3) is 2.73. The van der Waals surface area contributed by atoms with Gasteiger partial charge in [0.25, 0.3) is 5.69 Å². The molecule has 0 fully saturated rings. The molecule has 1 aromatic rings. The number of nitro benzene ring substituents is 1. The predicted molar refractivity (Wildman–Crippen MR) is 66.0 cm³/mol. The molecule has 1 aromatic carbocycles. The van der Waals surface area contributed by atoms with Crippen LogP contribution in [0.15, 0.2) is 24.3 Å². The zero-order chi connectivity index (χ0) is 12.3. The molecule has 4 heteroatoms. The highest BCUT2D eigenvalue weighted by Gasteiger charge is 2.27. The molecule has 16 heavy (non-hydrogen) atoms. The van der Waals surface area contributed by atoms with Gasteiger partial charge in [-0.15, -0.1) is 11.6 Å². The Morgan fingerprint density at radius 2 is 1.81 bits per heavy atom. The Balaban J connectivity index is 3.23. The van der Waals surface area contributed by atoms with Crippen LogP contribution in [0.2, 0.25) is 0 Å². The van der Waals surface area contributed by atoms with E-state index in [1.807, 2.05) is 26.8 Å². The van der Waals surface area contributed by atoms with E-state index < -0.39 is 0 Å². The lowest BCUT2D eigenvalue weighted by atomic mass is 9.85. The molecule has 0 spiro atoms.